The van der Waals surface area contributed by atoms with Crippen LogP contribution in [-0.2, 0) is 0 Å². The van der Waals surface area contributed by atoms with Crippen molar-refractivity contribution in [3.63, 3.8) is 0 Å². The third-order valence-electron chi connectivity index (χ3n) is 3.80. The Morgan fingerprint density at radius 1 is 0.818 bits per heavy atom. The Balaban J connectivity index is 1.87. The van der Waals surface area contributed by atoms with Crippen LogP contribution < -0.4 is 0 Å². The number of nitrogens with one attached hydrogen (secondary N) is 1. The number of phenols is 1. The van der Waals surface area contributed by atoms with E-state index in [1.54, 1.807) is 18.3 Å². The van der Waals surface area contributed by atoms with Gasteiger partial charge in [-0.1, -0.05) is 42.5 Å². The molecule has 0 aliphatic carbocycles. The van der Waals surface area contributed by atoms with E-state index in [0.717, 1.165) is 22.1 Å². The van der Waals surface area contributed by atoms with Gasteiger partial charge in [0.05, 0.1) is 11.2 Å². The van der Waals surface area contributed by atoms with E-state index in [9.17, 15) is 5.11 Å². The van der Waals surface area contributed by atoms with E-state index in [4.69, 9.17) is 0 Å². The Labute approximate surface area is 127 Å². The summed E-state index contributed by atoms with van der Waals surface area (Å²) in [5.74, 6) is 0.232. The molecule has 0 saturated carbocycles. The van der Waals surface area contributed by atoms with Crippen LogP contribution in [0, 0.1) is 0 Å². The maximum atomic E-state index is 9.82. The molecule has 0 saturated heterocycles. The van der Waals surface area contributed by atoms with Crippen molar-refractivity contribution in [2.45, 2.75) is 0 Å². The maximum absolute atomic E-state index is 9.82. The zero-order valence-electron chi connectivity index (χ0n) is 11.8. The summed E-state index contributed by atoms with van der Waals surface area (Å²) >= 11 is 0. The van der Waals surface area contributed by atoms with Gasteiger partial charge in [-0.15, -0.1) is 0 Å². The first-order chi connectivity index (χ1) is 10.8. The molecule has 4 aromatic rings. The van der Waals surface area contributed by atoms with Crippen LogP contribution in [0.1, 0.15) is 5.56 Å². The minimum absolute atomic E-state index is 0.232. The van der Waals surface area contributed by atoms with Gasteiger partial charge in [0, 0.05) is 28.1 Å². The van der Waals surface area contributed by atoms with Crippen molar-refractivity contribution < 1.29 is 5.11 Å². The number of aromatic hydroxyl groups is 1. The van der Waals surface area contributed by atoms with Crippen LogP contribution in [0.25, 0.3) is 21.8 Å². The molecule has 2 N–H and O–H groups in total. The molecular formula is C19H14N2O. The van der Waals surface area contributed by atoms with E-state index >= 15 is 0 Å². The lowest BCUT2D eigenvalue weighted by atomic mass is 10.1. The Morgan fingerprint density at radius 2 is 1.59 bits per heavy atom. The molecule has 3 aromatic carbocycles. The Hall–Kier alpha value is -3.07. The Bertz CT molecular complexity index is 999. The molecule has 0 amide bonds. The van der Waals surface area contributed by atoms with Crippen molar-refractivity contribution in [2.75, 3.05) is 0 Å². The minimum Gasteiger partial charge on any atom is -0.507 e. The van der Waals surface area contributed by atoms with Gasteiger partial charge >= 0.3 is 0 Å². The van der Waals surface area contributed by atoms with Gasteiger partial charge in [-0.2, -0.15) is 0 Å². The topological polar surface area (TPSA) is 48.4 Å². The van der Waals surface area contributed by atoms with Crippen molar-refractivity contribution in [3.05, 3.63) is 72.3 Å². The smallest absolute Gasteiger partial charge is 0.124 e. The van der Waals surface area contributed by atoms with E-state index < -0.39 is 0 Å². The summed E-state index contributed by atoms with van der Waals surface area (Å²) < 4.78 is 0. The van der Waals surface area contributed by atoms with E-state index in [1.807, 2.05) is 36.4 Å². The quantitative estimate of drug-likeness (QED) is 0.512. The molecule has 3 heteroatoms. The number of aliphatic imine (C=N–C) groups is 1. The highest BCUT2D eigenvalue weighted by Gasteiger charge is 2.06. The standard InChI is InChI=1S/C19H14N2O/c22-18-11-4-1-6-13(18)12-20-17-10-5-8-15-14-7-2-3-9-16(14)21-19(15)17/h1-12,21-22H. The average Bonchev–Trinajstić information content (AvgIpc) is 2.93. The Morgan fingerprint density at radius 3 is 2.50 bits per heavy atom. The largest absolute Gasteiger partial charge is 0.507 e. The van der Waals surface area contributed by atoms with E-state index in [1.165, 1.54) is 5.39 Å². The van der Waals surface area contributed by atoms with Crippen LogP contribution in [0.2, 0.25) is 0 Å². The lowest BCUT2D eigenvalue weighted by Crippen LogP contribution is -1.81. The number of para-hydroxylation sites is 3. The molecule has 1 heterocycles. The number of H-pyrrole nitrogens is 1. The molecule has 0 bridgehead atoms. The van der Waals surface area contributed by atoms with Gasteiger partial charge in [-0.05, 0) is 24.3 Å². The summed E-state index contributed by atoms with van der Waals surface area (Å²) in [4.78, 5) is 7.97. The van der Waals surface area contributed by atoms with Gasteiger partial charge in [0.2, 0.25) is 0 Å². The second-order valence-electron chi connectivity index (χ2n) is 5.19. The second kappa shape index (κ2) is 5.04. The molecule has 106 valence electrons. The highest BCUT2D eigenvalue weighted by Crippen LogP contribution is 2.31. The van der Waals surface area contributed by atoms with Crippen LogP contribution in [-0.4, -0.2) is 16.3 Å². The predicted molar refractivity (Wildman–Crippen MR) is 91.2 cm³/mol. The summed E-state index contributed by atoms with van der Waals surface area (Å²) in [6.45, 7) is 0. The number of aromatic amines is 1. The summed E-state index contributed by atoms with van der Waals surface area (Å²) in [5.41, 5.74) is 3.67. The molecule has 0 atom stereocenters. The maximum Gasteiger partial charge on any atom is 0.124 e. The number of rotatable bonds is 2. The zero-order valence-corrected chi connectivity index (χ0v) is 11.8. The first-order valence-corrected chi connectivity index (χ1v) is 7.14. The third kappa shape index (κ3) is 2.04. The molecule has 4 rings (SSSR count). The number of hydrogen-bond acceptors (Lipinski definition) is 2. The van der Waals surface area contributed by atoms with Gasteiger partial charge in [-0.25, -0.2) is 0 Å². The highest BCUT2D eigenvalue weighted by atomic mass is 16.3. The van der Waals surface area contributed by atoms with Crippen molar-refractivity contribution >= 4 is 33.7 Å². The number of hydrogen-bond donors (Lipinski definition) is 2. The molecule has 0 spiro atoms. The monoisotopic (exact) mass is 286 g/mol. The SMILES string of the molecule is Oc1ccccc1C=Nc1cccc2c1[nH]c1ccccc12. The lowest BCUT2D eigenvalue weighted by molar-refractivity contribution is 0.474. The number of phenolic OH excluding ortho intramolecular Hbond substituents is 1. The molecule has 0 aliphatic rings. The third-order valence-corrected chi connectivity index (χ3v) is 3.80. The fraction of sp³-hybridized carbons (Fsp3) is 0. The normalized spacial score (nSPS) is 11.6. The van der Waals surface area contributed by atoms with Crippen LogP contribution in [0.15, 0.2) is 71.7 Å². The highest BCUT2D eigenvalue weighted by molar-refractivity contribution is 6.11. The van der Waals surface area contributed by atoms with E-state index in [-0.39, 0.29) is 5.75 Å². The van der Waals surface area contributed by atoms with E-state index in [0.29, 0.717) is 5.56 Å². The Kier molecular flexibility index (Phi) is 2.90. The number of fused-ring (bicyclic) bond motifs is 3. The number of aromatic nitrogens is 1. The molecule has 0 fully saturated rings. The minimum atomic E-state index is 0.232. The fourth-order valence-corrected chi connectivity index (χ4v) is 2.70. The van der Waals surface area contributed by atoms with Gasteiger partial charge in [0.1, 0.15) is 5.75 Å². The molecule has 1 aromatic heterocycles. The fourth-order valence-electron chi connectivity index (χ4n) is 2.70. The summed E-state index contributed by atoms with van der Waals surface area (Å²) in [6.07, 6.45) is 1.69. The molecule has 3 nitrogen and oxygen atoms in total. The average molecular weight is 286 g/mol. The van der Waals surface area contributed by atoms with Crippen molar-refractivity contribution in [1.29, 1.82) is 0 Å². The van der Waals surface area contributed by atoms with Gasteiger partial charge in [0.25, 0.3) is 0 Å². The summed E-state index contributed by atoms with van der Waals surface area (Å²) in [6, 6.07) is 21.4. The molecule has 22 heavy (non-hydrogen) atoms. The van der Waals surface area contributed by atoms with Crippen LogP contribution in [0.4, 0.5) is 5.69 Å². The van der Waals surface area contributed by atoms with Crippen LogP contribution in [0.3, 0.4) is 0 Å². The molecule has 0 unspecified atom stereocenters. The molecule has 0 aliphatic heterocycles. The number of nitrogens with zero attached hydrogens (tertiary/aromatic N) is 1. The van der Waals surface area contributed by atoms with Gasteiger partial charge in [-0.3, -0.25) is 4.99 Å². The first-order valence-electron chi connectivity index (χ1n) is 7.14. The summed E-state index contributed by atoms with van der Waals surface area (Å²) in [5, 5.41) is 12.2. The zero-order chi connectivity index (χ0) is 14.9. The lowest BCUT2D eigenvalue weighted by Gasteiger charge is -1.99. The predicted octanol–water partition coefficient (Wildman–Crippen LogP) is 4.78. The van der Waals surface area contributed by atoms with Crippen LogP contribution in [0.5, 0.6) is 5.75 Å². The first kappa shape index (κ1) is 12.7. The van der Waals surface area contributed by atoms with E-state index in [2.05, 4.69) is 28.2 Å². The van der Waals surface area contributed by atoms with Crippen molar-refractivity contribution in [1.82, 2.24) is 4.98 Å². The number of benzene rings is 3. The molecule has 0 radical (unpaired) electrons. The summed E-state index contributed by atoms with van der Waals surface area (Å²) in [7, 11) is 0. The van der Waals surface area contributed by atoms with Crippen LogP contribution >= 0.6 is 0 Å². The van der Waals surface area contributed by atoms with Gasteiger partial charge < -0.3 is 10.1 Å². The molecular weight excluding hydrogens is 272 g/mol. The van der Waals surface area contributed by atoms with Crippen molar-refractivity contribution in [2.24, 2.45) is 4.99 Å². The second-order valence-corrected chi connectivity index (χ2v) is 5.19. The van der Waals surface area contributed by atoms with Gasteiger partial charge in [0.15, 0.2) is 0 Å². The van der Waals surface area contributed by atoms with Crippen molar-refractivity contribution in [3.8, 4) is 5.75 Å².